The van der Waals surface area contributed by atoms with Crippen molar-refractivity contribution in [2.24, 2.45) is 5.41 Å². The first kappa shape index (κ1) is 13.4. The maximum absolute atomic E-state index is 11.3. The number of hydrogen-bond donors (Lipinski definition) is 1. The Morgan fingerprint density at radius 3 is 2.21 bits per heavy atom. The molecular weight excluding hydrogens is 178 g/mol. The number of hydrogen-bond acceptors (Lipinski definition) is 3. The molecule has 0 radical (unpaired) electrons. The fourth-order valence-electron chi connectivity index (χ4n) is 0.960. The topological polar surface area (TPSA) is 38.3 Å². The normalized spacial score (nSPS) is 16.1. The van der Waals surface area contributed by atoms with Gasteiger partial charge in [0.25, 0.3) is 0 Å². The van der Waals surface area contributed by atoms with Gasteiger partial charge < -0.3 is 10.1 Å². The first-order valence-corrected chi connectivity index (χ1v) is 5.21. The molecule has 2 unspecified atom stereocenters. The molecule has 0 aromatic carbocycles. The van der Waals surface area contributed by atoms with Crippen LogP contribution in [0.1, 0.15) is 41.5 Å². The third-order valence-electron chi connectivity index (χ3n) is 2.44. The third kappa shape index (κ3) is 4.61. The van der Waals surface area contributed by atoms with Gasteiger partial charge in [-0.05, 0) is 26.2 Å². The highest BCUT2D eigenvalue weighted by Crippen LogP contribution is 2.18. The number of carbonyl (C=O) groups is 1. The summed E-state index contributed by atoms with van der Waals surface area (Å²) in [5, 5.41) is 3.23. The van der Waals surface area contributed by atoms with Crippen molar-refractivity contribution in [3.05, 3.63) is 0 Å². The Morgan fingerprint density at radius 2 is 1.86 bits per heavy atom. The van der Waals surface area contributed by atoms with Gasteiger partial charge in [-0.1, -0.05) is 20.8 Å². The second-order valence-corrected chi connectivity index (χ2v) is 4.73. The molecule has 0 saturated carbocycles. The molecule has 0 amide bonds. The zero-order valence-electron chi connectivity index (χ0n) is 10.2. The number of nitrogens with one attached hydrogen (secondary N) is 1. The van der Waals surface area contributed by atoms with Gasteiger partial charge in [0, 0.05) is 6.04 Å². The van der Waals surface area contributed by atoms with Gasteiger partial charge in [0.05, 0.1) is 6.61 Å². The molecule has 3 heteroatoms. The van der Waals surface area contributed by atoms with Crippen molar-refractivity contribution >= 4 is 5.97 Å². The Kier molecular flexibility index (Phi) is 5.13. The van der Waals surface area contributed by atoms with Crippen LogP contribution in [0.25, 0.3) is 0 Å². The summed E-state index contributed by atoms with van der Waals surface area (Å²) in [6.45, 7) is 12.6. The van der Waals surface area contributed by atoms with E-state index < -0.39 is 0 Å². The molecule has 0 fully saturated rings. The van der Waals surface area contributed by atoms with E-state index in [1.165, 1.54) is 0 Å². The average molecular weight is 201 g/mol. The lowest BCUT2D eigenvalue weighted by atomic mass is 9.87. The minimum absolute atomic E-state index is 0.154. The molecular formula is C11H23NO2. The Hall–Kier alpha value is -0.570. The fraction of sp³-hybridized carbons (Fsp3) is 0.909. The highest BCUT2D eigenvalue weighted by atomic mass is 16.5. The van der Waals surface area contributed by atoms with Crippen LogP contribution in [0.2, 0.25) is 0 Å². The summed E-state index contributed by atoms with van der Waals surface area (Å²) in [6.07, 6.45) is 0. The summed E-state index contributed by atoms with van der Waals surface area (Å²) in [4.78, 5) is 11.3. The molecule has 0 saturated heterocycles. The van der Waals surface area contributed by atoms with E-state index in [1.807, 2.05) is 13.8 Å². The standard InChI is InChI=1S/C11H23NO2/c1-7-14-10(13)8(2)12-9(3)11(4,5)6/h8-9,12H,7H2,1-6H3. The zero-order chi connectivity index (χ0) is 11.4. The lowest BCUT2D eigenvalue weighted by Gasteiger charge is -2.30. The lowest BCUT2D eigenvalue weighted by Crippen LogP contribution is -2.46. The van der Waals surface area contributed by atoms with Crippen LogP contribution in [0.3, 0.4) is 0 Å². The highest BCUT2D eigenvalue weighted by Gasteiger charge is 2.24. The molecule has 0 aliphatic heterocycles. The summed E-state index contributed by atoms with van der Waals surface area (Å²) in [5.41, 5.74) is 0.154. The van der Waals surface area contributed by atoms with Gasteiger partial charge in [-0.3, -0.25) is 4.79 Å². The van der Waals surface area contributed by atoms with E-state index in [0.29, 0.717) is 6.61 Å². The quantitative estimate of drug-likeness (QED) is 0.707. The van der Waals surface area contributed by atoms with E-state index in [2.05, 4.69) is 33.0 Å². The van der Waals surface area contributed by atoms with E-state index in [-0.39, 0.29) is 23.5 Å². The predicted molar refractivity (Wildman–Crippen MR) is 58.1 cm³/mol. The van der Waals surface area contributed by atoms with Gasteiger partial charge >= 0.3 is 5.97 Å². The summed E-state index contributed by atoms with van der Waals surface area (Å²) in [5.74, 6) is -0.177. The van der Waals surface area contributed by atoms with Gasteiger partial charge in [-0.25, -0.2) is 0 Å². The SMILES string of the molecule is CCOC(=O)C(C)NC(C)C(C)(C)C. The molecule has 0 rings (SSSR count). The lowest BCUT2D eigenvalue weighted by molar-refractivity contribution is -0.145. The highest BCUT2D eigenvalue weighted by molar-refractivity contribution is 5.75. The second-order valence-electron chi connectivity index (χ2n) is 4.73. The Bertz CT molecular complexity index is 184. The van der Waals surface area contributed by atoms with Crippen LogP contribution in [-0.2, 0) is 9.53 Å². The van der Waals surface area contributed by atoms with Crippen LogP contribution >= 0.6 is 0 Å². The van der Waals surface area contributed by atoms with E-state index >= 15 is 0 Å². The molecule has 1 N–H and O–H groups in total. The molecule has 0 aromatic heterocycles. The third-order valence-corrected chi connectivity index (χ3v) is 2.44. The first-order valence-electron chi connectivity index (χ1n) is 5.21. The van der Waals surface area contributed by atoms with E-state index in [1.54, 1.807) is 0 Å². The molecule has 0 spiro atoms. The smallest absolute Gasteiger partial charge is 0.322 e. The summed E-state index contributed by atoms with van der Waals surface area (Å²) >= 11 is 0. The molecule has 0 aliphatic carbocycles. The van der Waals surface area contributed by atoms with Crippen LogP contribution in [0, 0.1) is 5.41 Å². The number of ether oxygens (including phenoxy) is 1. The van der Waals surface area contributed by atoms with Crippen LogP contribution in [0.15, 0.2) is 0 Å². The molecule has 14 heavy (non-hydrogen) atoms. The van der Waals surface area contributed by atoms with Crippen molar-refractivity contribution in [1.82, 2.24) is 5.32 Å². The minimum atomic E-state index is -0.232. The Labute approximate surface area is 87.2 Å². The number of rotatable bonds is 4. The Balaban J connectivity index is 4.06. The van der Waals surface area contributed by atoms with Crippen LogP contribution in [0.4, 0.5) is 0 Å². The number of carbonyl (C=O) groups excluding carboxylic acids is 1. The first-order chi connectivity index (χ1) is 6.29. The van der Waals surface area contributed by atoms with Crippen molar-refractivity contribution in [2.75, 3.05) is 6.61 Å². The van der Waals surface area contributed by atoms with Gasteiger partial charge in [0.1, 0.15) is 6.04 Å². The summed E-state index contributed by atoms with van der Waals surface area (Å²) < 4.78 is 4.92. The maximum atomic E-state index is 11.3. The predicted octanol–water partition coefficient (Wildman–Crippen LogP) is 1.96. The molecule has 0 heterocycles. The van der Waals surface area contributed by atoms with E-state index in [0.717, 1.165) is 0 Å². The number of esters is 1. The van der Waals surface area contributed by atoms with Gasteiger partial charge in [0.15, 0.2) is 0 Å². The van der Waals surface area contributed by atoms with Crippen molar-refractivity contribution in [2.45, 2.75) is 53.6 Å². The molecule has 84 valence electrons. The average Bonchev–Trinajstić information content (AvgIpc) is 2.02. The van der Waals surface area contributed by atoms with Crippen molar-refractivity contribution in [3.8, 4) is 0 Å². The van der Waals surface area contributed by atoms with Crippen molar-refractivity contribution < 1.29 is 9.53 Å². The zero-order valence-corrected chi connectivity index (χ0v) is 10.2. The second kappa shape index (κ2) is 5.35. The monoisotopic (exact) mass is 201 g/mol. The van der Waals surface area contributed by atoms with Gasteiger partial charge in [-0.15, -0.1) is 0 Å². The molecule has 3 nitrogen and oxygen atoms in total. The van der Waals surface area contributed by atoms with Crippen LogP contribution in [-0.4, -0.2) is 24.7 Å². The van der Waals surface area contributed by atoms with E-state index in [4.69, 9.17) is 4.74 Å². The largest absolute Gasteiger partial charge is 0.465 e. The van der Waals surface area contributed by atoms with Crippen molar-refractivity contribution in [1.29, 1.82) is 0 Å². The molecule has 0 bridgehead atoms. The maximum Gasteiger partial charge on any atom is 0.322 e. The van der Waals surface area contributed by atoms with Crippen LogP contribution in [0.5, 0.6) is 0 Å². The minimum Gasteiger partial charge on any atom is -0.465 e. The fourth-order valence-corrected chi connectivity index (χ4v) is 0.960. The summed E-state index contributed by atoms with van der Waals surface area (Å²) in [6, 6.07) is 0.0473. The van der Waals surface area contributed by atoms with Gasteiger partial charge in [0.2, 0.25) is 0 Å². The van der Waals surface area contributed by atoms with Crippen molar-refractivity contribution in [3.63, 3.8) is 0 Å². The molecule has 0 aromatic rings. The molecule has 2 atom stereocenters. The molecule has 0 aliphatic rings. The van der Waals surface area contributed by atoms with E-state index in [9.17, 15) is 4.79 Å². The Morgan fingerprint density at radius 1 is 1.36 bits per heavy atom. The van der Waals surface area contributed by atoms with Gasteiger partial charge in [-0.2, -0.15) is 0 Å². The van der Waals surface area contributed by atoms with Crippen LogP contribution < -0.4 is 5.32 Å². The summed E-state index contributed by atoms with van der Waals surface area (Å²) in [7, 11) is 0.